The van der Waals surface area contributed by atoms with Crippen molar-refractivity contribution < 1.29 is 19.4 Å². The standard InChI is InChI=1S/C11H22N2O4/c1-13(11(16)5-3-4-7-14)9-10(15)12-6-8-17-2/h14H,3-9H2,1-2H3,(H,12,15). The van der Waals surface area contributed by atoms with Crippen molar-refractivity contribution in [3.63, 3.8) is 0 Å². The third-order valence-corrected chi connectivity index (χ3v) is 2.23. The van der Waals surface area contributed by atoms with Crippen molar-refractivity contribution in [3.05, 3.63) is 0 Å². The molecule has 0 radical (unpaired) electrons. The summed E-state index contributed by atoms with van der Waals surface area (Å²) in [5.74, 6) is -0.277. The molecule has 0 spiro atoms. The maximum Gasteiger partial charge on any atom is 0.239 e. The van der Waals surface area contributed by atoms with Crippen molar-refractivity contribution in [1.82, 2.24) is 10.2 Å². The van der Waals surface area contributed by atoms with Crippen LogP contribution in [-0.4, -0.2) is 62.3 Å². The summed E-state index contributed by atoms with van der Waals surface area (Å²) in [6.07, 6.45) is 1.62. The first-order valence-corrected chi connectivity index (χ1v) is 5.72. The van der Waals surface area contributed by atoms with Gasteiger partial charge in [-0.1, -0.05) is 0 Å². The van der Waals surface area contributed by atoms with E-state index in [2.05, 4.69) is 5.32 Å². The Kier molecular flexibility index (Phi) is 9.37. The summed E-state index contributed by atoms with van der Waals surface area (Å²) >= 11 is 0. The van der Waals surface area contributed by atoms with Crippen LogP contribution in [0.2, 0.25) is 0 Å². The number of ether oxygens (including phenoxy) is 1. The van der Waals surface area contributed by atoms with E-state index >= 15 is 0 Å². The molecule has 0 saturated carbocycles. The molecule has 0 rings (SSSR count). The molecule has 0 aromatic rings. The monoisotopic (exact) mass is 246 g/mol. The highest BCUT2D eigenvalue weighted by molar-refractivity contribution is 5.84. The Labute approximate surface area is 102 Å². The van der Waals surface area contributed by atoms with Gasteiger partial charge in [-0.25, -0.2) is 0 Å². The van der Waals surface area contributed by atoms with Crippen molar-refractivity contribution in [3.8, 4) is 0 Å². The van der Waals surface area contributed by atoms with Crippen molar-refractivity contribution in [2.75, 3.05) is 40.5 Å². The van der Waals surface area contributed by atoms with Gasteiger partial charge in [0.1, 0.15) is 0 Å². The predicted octanol–water partition coefficient (Wildman–Crippen LogP) is -0.630. The van der Waals surface area contributed by atoms with Crippen molar-refractivity contribution in [2.24, 2.45) is 0 Å². The molecule has 0 fully saturated rings. The second-order valence-corrected chi connectivity index (χ2v) is 3.77. The minimum atomic E-state index is -0.194. The van der Waals surface area contributed by atoms with Gasteiger partial charge in [0.15, 0.2) is 0 Å². The molecule has 17 heavy (non-hydrogen) atoms. The molecule has 0 aliphatic heterocycles. The van der Waals surface area contributed by atoms with Gasteiger partial charge in [0.05, 0.1) is 13.2 Å². The van der Waals surface area contributed by atoms with E-state index in [0.29, 0.717) is 32.4 Å². The molecule has 0 atom stereocenters. The van der Waals surface area contributed by atoms with Gasteiger partial charge >= 0.3 is 0 Å². The fraction of sp³-hybridized carbons (Fsp3) is 0.818. The van der Waals surface area contributed by atoms with Crippen LogP contribution < -0.4 is 5.32 Å². The van der Waals surface area contributed by atoms with E-state index in [1.165, 1.54) is 4.90 Å². The van der Waals surface area contributed by atoms with Crippen LogP contribution >= 0.6 is 0 Å². The number of likely N-dealkylation sites (N-methyl/N-ethyl adjacent to an activating group) is 1. The average molecular weight is 246 g/mol. The number of methoxy groups -OCH3 is 1. The van der Waals surface area contributed by atoms with Gasteiger partial charge in [-0.15, -0.1) is 0 Å². The second-order valence-electron chi connectivity index (χ2n) is 3.77. The van der Waals surface area contributed by atoms with Gasteiger partial charge in [-0.2, -0.15) is 0 Å². The second kappa shape index (κ2) is 10.0. The summed E-state index contributed by atoms with van der Waals surface area (Å²) in [6.45, 7) is 1.05. The van der Waals surface area contributed by atoms with Crippen LogP contribution in [0.1, 0.15) is 19.3 Å². The highest BCUT2D eigenvalue weighted by Crippen LogP contribution is 1.98. The Hall–Kier alpha value is -1.14. The van der Waals surface area contributed by atoms with Crippen LogP contribution in [0.3, 0.4) is 0 Å². The van der Waals surface area contributed by atoms with E-state index in [1.54, 1.807) is 14.2 Å². The Morgan fingerprint density at radius 1 is 1.35 bits per heavy atom. The van der Waals surface area contributed by atoms with Gasteiger partial charge in [-0.3, -0.25) is 9.59 Å². The Balaban J connectivity index is 3.71. The summed E-state index contributed by atoms with van der Waals surface area (Å²) in [5.41, 5.74) is 0. The van der Waals surface area contributed by atoms with Crippen LogP contribution in [0.25, 0.3) is 0 Å². The molecule has 0 bridgehead atoms. The molecule has 0 aromatic heterocycles. The van der Waals surface area contributed by atoms with Crippen LogP contribution in [0.5, 0.6) is 0 Å². The Morgan fingerprint density at radius 2 is 2.06 bits per heavy atom. The molecular weight excluding hydrogens is 224 g/mol. The van der Waals surface area contributed by atoms with Crippen LogP contribution in [0, 0.1) is 0 Å². The molecule has 0 aromatic carbocycles. The number of nitrogens with one attached hydrogen (secondary N) is 1. The fourth-order valence-corrected chi connectivity index (χ4v) is 1.23. The molecule has 0 unspecified atom stereocenters. The minimum absolute atomic E-state index is 0.0572. The van der Waals surface area contributed by atoms with Gasteiger partial charge in [0.25, 0.3) is 0 Å². The molecule has 2 amide bonds. The van der Waals surface area contributed by atoms with Crippen LogP contribution in [0.15, 0.2) is 0 Å². The number of unbranched alkanes of at least 4 members (excludes halogenated alkanes) is 1. The van der Waals surface area contributed by atoms with E-state index in [1.807, 2.05) is 0 Å². The van der Waals surface area contributed by atoms with Crippen LogP contribution in [0.4, 0.5) is 0 Å². The van der Waals surface area contributed by atoms with E-state index < -0.39 is 0 Å². The predicted molar refractivity (Wildman–Crippen MR) is 63.5 cm³/mol. The highest BCUT2D eigenvalue weighted by atomic mass is 16.5. The first kappa shape index (κ1) is 15.9. The molecule has 100 valence electrons. The molecule has 0 heterocycles. The zero-order valence-electron chi connectivity index (χ0n) is 10.6. The number of rotatable bonds is 9. The van der Waals surface area contributed by atoms with Gasteiger partial charge in [0, 0.05) is 33.7 Å². The summed E-state index contributed by atoms with van der Waals surface area (Å²) in [5, 5.41) is 11.2. The summed E-state index contributed by atoms with van der Waals surface area (Å²) in [4.78, 5) is 24.3. The van der Waals surface area contributed by atoms with E-state index in [9.17, 15) is 9.59 Å². The number of hydrogen-bond donors (Lipinski definition) is 2. The lowest BCUT2D eigenvalue weighted by molar-refractivity contribution is -0.134. The highest BCUT2D eigenvalue weighted by Gasteiger charge is 2.11. The zero-order chi connectivity index (χ0) is 13.1. The maximum absolute atomic E-state index is 11.5. The number of aliphatic hydroxyl groups is 1. The molecule has 6 heteroatoms. The zero-order valence-corrected chi connectivity index (χ0v) is 10.6. The normalized spacial score (nSPS) is 10.1. The molecule has 0 aliphatic rings. The van der Waals surface area contributed by atoms with Crippen LogP contribution in [-0.2, 0) is 14.3 Å². The molecular formula is C11H22N2O4. The third kappa shape index (κ3) is 8.65. The SMILES string of the molecule is COCCNC(=O)CN(C)C(=O)CCCCO. The smallest absolute Gasteiger partial charge is 0.239 e. The van der Waals surface area contributed by atoms with Crippen molar-refractivity contribution >= 4 is 11.8 Å². The van der Waals surface area contributed by atoms with Crippen molar-refractivity contribution in [1.29, 1.82) is 0 Å². The Morgan fingerprint density at radius 3 is 2.65 bits per heavy atom. The summed E-state index contributed by atoms with van der Waals surface area (Å²) < 4.78 is 4.79. The first-order valence-electron chi connectivity index (χ1n) is 5.72. The largest absolute Gasteiger partial charge is 0.396 e. The topological polar surface area (TPSA) is 78.9 Å². The third-order valence-electron chi connectivity index (χ3n) is 2.23. The lowest BCUT2D eigenvalue weighted by Gasteiger charge is -2.16. The summed E-state index contributed by atoms with van der Waals surface area (Å²) in [7, 11) is 3.15. The lowest BCUT2D eigenvalue weighted by Crippen LogP contribution is -2.39. The number of amides is 2. The molecule has 0 saturated heterocycles. The van der Waals surface area contributed by atoms with E-state index in [0.717, 1.165) is 0 Å². The van der Waals surface area contributed by atoms with Gasteiger partial charge < -0.3 is 20.1 Å². The number of aliphatic hydroxyl groups excluding tert-OH is 1. The fourth-order valence-electron chi connectivity index (χ4n) is 1.23. The first-order chi connectivity index (χ1) is 8.11. The van der Waals surface area contributed by atoms with Gasteiger partial charge in [-0.05, 0) is 12.8 Å². The molecule has 2 N–H and O–H groups in total. The lowest BCUT2D eigenvalue weighted by atomic mass is 10.2. The number of carbonyl (C=O) groups is 2. The summed E-state index contributed by atoms with van der Waals surface area (Å²) in [6, 6.07) is 0. The van der Waals surface area contributed by atoms with E-state index in [4.69, 9.17) is 9.84 Å². The van der Waals surface area contributed by atoms with E-state index in [-0.39, 0.29) is 25.0 Å². The van der Waals surface area contributed by atoms with Gasteiger partial charge in [0.2, 0.25) is 11.8 Å². The van der Waals surface area contributed by atoms with Crippen molar-refractivity contribution in [2.45, 2.75) is 19.3 Å². The molecule has 6 nitrogen and oxygen atoms in total. The Bertz CT molecular complexity index is 234. The maximum atomic E-state index is 11.5. The molecule has 0 aliphatic carbocycles. The quantitative estimate of drug-likeness (QED) is 0.531. The number of carbonyl (C=O) groups excluding carboxylic acids is 2. The number of hydrogen-bond acceptors (Lipinski definition) is 4. The average Bonchev–Trinajstić information content (AvgIpc) is 2.29. The minimum Gasteiger partial charge on any atom is -0.396 e. The number of nitrogens with zero attached hydrogens (tertiary/aromatic N) is 1.